The van der Waals surface area contributed by atoms with E-state index in [1.807, 2.05) is 12.3 Å². The van der Waals surface area contributed by atoms with Crippen LogP contribution < -0.4 is 0 Å². The Morgan fingerprint density at radius 3 is 2.82 bits per heavy atom. The van der Waals surface area contributed by atoms with Crippen LogP contribution in [0.15, 0.2) is 21.9 Å². The quantitative estimate of drug-likeness (QED) is 0.879. The summed E-state index contributed by atoms with van der Waals surface area (Å²) in [5, 5.41) is 1.86. The van der Waals surface area contributed by atoms with Crippen molar-refractivity contribution in [3.63, 3.8) is 0 Å². The number of aryl methyl sites for hydroxylation is 1. The van der Waals surface area contributed by atoms with E-state index in [1.54, 1.807) is 34.9 Å². The lowest BCUT2D eigenvalue weighted by atomic mass is 10.3. The second-order valence-electron chi connectivity index (χ2n) is 3.69. The Morgan fingerprint density at radius 2 is 2.29 bits per heavy atom. The minimum Gasteiger partial charge on any atom is -0.336 e. The van der Waals surface area contributed by atoms with E-state index in [4.69, 9.17) is 0 Å². The fourth-order valence-corrected chi connectivity index (χ4v) is 3.36. The summed E-state index contributed by atoms with van der Waals surface area (Å²) in [5.74, 6) is 0.0306. The van der Waals surface area contributed by atoms with E-state index in [-0.39, 0.29) is 5.91 Å². The van der Waals surface area contributed by atoms with Crippen LogP contribution in [0, 0.1) is 6.92 Å². The minimum absolute atomic E-state index is 0.0306. The smallest absolute Gasteiger partial charge is 0.264 e. The normalized spacial score (nSPS) is 10.5. The summed E-state index contributed by atoms with van der Waals surface area (Å²) < 4.78 is 0. The van der Waals surface area contributed by atoms with Crippen molar-refractivity contribution < 1.29 is 4.79 Å². The highest BCUT2D eigenvalue weighted by Crippen LogP contribution is 2.21. The number of hydrogen-bond donors (Lipinski definition) is 1. The van der Waals surface area contributed by atoms with E-state index in [9.17, 15) is 4.79 Å². The third kappa shape index (κ3) is 2.88. The van der Waals surface area contributed by atoms with Crippen LogP contribution in [-0.2, 0) is 6.54 Å². The highest BCUT2D eigenvalue weighted by Gasteiger charge is 2.15. The number of thiol groups is 1. The summed E-state index contributed by atoms with van der Waals surface area (Å²) in [5.41, 5.74) is 2.80. The van der Waals surface area contributed by atoms with Gasteiger partial charge in [-0.05, 0) is 13.0 Å². The van der Waals surface area contributed by atoms with Crippen molar-refractivity contribution in [1.82, 2.24) is 9.88 Å². The van der Waals surface area contributed by atoms with E-state index in [1.165, 1.54) is 11.3 Å². The molecule has 0 radical (unpaired) electrons. The van der Waals surface area contributed by atoms with Crippen LogP contribution in [0.4, 0.5) is 0 Å². The van der Waals surface area contributed by atoms with Gasteiger partial charge in [-0.1, -0.05) is 0 Å². The van der Waals surface area contributed by atoms with Crippen molar-refractivity contribution in [3.8, 4) is 0 Å². The predicted octanol–water partition coefficient (Wildman–Crippen LogP) is 3.07. The molecule has 0 saturated heterocycles. The van der Waals surface area contributed by atoms with Gasteiger partial charge in [-0.2, -0.15) is 0 Å². The Bertz CT molecular complexity index is 532. The number of carbonyl (C=O) groups is 1. The lowest BCUT2D eigenvalue weighted by Gasteiger charge is -2.15. The Morgan fingerprint density at radius 1 is 1.53 bits per heavy atom. The van der Waals surface area contributed by atoms with Gasteiger partial charge in [0.15, 0.2) is 0 Å². The summed E-state index contributed by atoms with van der Waals surface area (Å²) in [7, 11) is 1.80. The Labute approximate surface area is 114 Å². The number of rotatable bonds is 3. The molecule has 90 valence electrons. The zero-order valence-electron chi connectivity index (χ0n) is 9.51. The molecular weight excluding hydrogens is 272 g/mol. The van der Waals surface area contributed by atoms with Crippen molar-refractivity contribution in [2.24, 2.45) is 0 Å². The van der Waals surface area contributed by atoms with Gasteiger partial charge in [-0.25, -0.2) is 4.98 Å². The molecule has 2 rings (SSSR count). The molecule has 2 aromatic heterocycles. The van der Waals surface area contributed by atoms with Crippen LogP contribution in [0.5, 0.6) is 0 Å². The molecule has 0 atom stereocenters. The van der Waals surface area contributed by atoms with Gasteiger partial charge in [0.25, 0.3) is 5.91 Å². The lowest BCUT2D eigenvalue weighted by Crippen LogP contribution is -2.25. The zero-order chi connectivity index (χ0) is 12.4. The number of amides is 1. The highest BCUT2D eigenvalue weighted by molar-refractivity contribution is 7.80. The van der Waals surface area contributed by atoms with Crippen molar-refractivity contribution in [2.75, 3.05) is 7.05 Å². The average Bonchev–Trinajstić information content (AvgIpc) is 2.88. The maximum Gasteiger partial charge on any atom is 0.264 e. The maximum absolute atomic E-state index is 12.1. The summed E-state index contributed by atoms with van der Waals surface area (Å²) in [6.45, 7) is 2.57. The second-order valence-corrected chi connectivity index (χ2v) is 6.06. The molecule has 0 N–H and O–H groups in total. The SMILES string of the molecule is Cc1ncsc1CN(C)C(=O)c1cc(S)cs1. The van der Waals surface area contributed by atoms with Gasteiger partial charge < -0.3 is 4.90 Å². The average molecular weight is 284 g/mol. The summed E-state index contributed by atoms with van der Waals surface area (Å²) >= 11 is 7.21. The first kappa shape index (κ1) is 12.6. The number of aromatic nitrogens is 1. The topological polar surface area (TPSA) is 33.2 Å². The largest absolute Gasteiger partial charge is 0.336 e. The van der Waals surface area contributed by atoms with Crippen molar-refractivity contribution in [2.45, 2.75) is 18.4 Å². The Kier molecular flexibility index (Phi) is 3.86. The van der Waals surface area contributed by atoms with Crippen LogP contribution in [0.3, 0.4) is 0 Å². The maximum atomic E-state index is 12.1. The third-order valence-electron chi connectivity index (χ3n) is 2.37. The van der Waals surface area contributed by atoms with E-state index >= 15 is 0 Å². The molecule has 0 spiro atoms. The van der Waals surface area contributed by atoms with Crippen molar-refractivity contribution in [1.29, 1.82) is 0 Å². The van der Waals surface area contributed by atoms with E-state index in [0.717, 1.165) is 20.3 Å². The first-order valence-corrected chi connectivity index (χ1v) is 7.20. The summed E-state index contributed by atoms with van der Waals surface area (Å²) in [4.78, 5) is 20.7. The monoisotopic (exact) mass is 284 g/mol. The van der Waals surface area contributed by atoms with Gasteiger partial charge in [0.05, 0.1) is 22.6 Å². The molecule has 1 amide bonds. The molecule has 0 aliphatic heterocycles. The predicted molar refractivity (Wildman–Crippen MR) is 74.2 cm³/mol. The van der Waals surface area contributed by atoms with Crippen LogP contribution >= 0.6 is 35.3 Å². The van der Waals surface area contributed by atoms with Crippen LogP contribution in [0.2, 0.25) is 0 Å². The van der Waals surface area contributed by atoms with Gasteiger partial charge in [0.2, 0.25) is 0 Å². The van der Waals surface area contributed by atoms with E-state index in [0.29, 0.717) is 6.54 Å². The third-order valence-corrected chi connectivity index (χ3v) is 4.64. The van der Waals surface area contributed by atoms with Crippen LogP contribution in [0.1, 0.15) is 20.2 Å². The molecule has 0 aromatic carbocycles. The Balaban J connectivity index is 2.08. The number of nitrogens with zero attached hydrogens (tertiary/aromatic N) is 2. The highest BCUT2D eigenvalue weighted by atomic mass is 32.1. The molecule has 2 heterocycles. The number of thiazole rings is 1. The second kappa shape index (κ2) is 5.20. The molecule has 0 saturated carbocycles. The van der Waals surface area contributed by atoms with E-state index < -0.39 is 0 Å². The molecule has 0 aliphatic rings. The van der Waals surface area contributed by atoms with Gasteiger partial charge >= 0.3 is 0 Å². The van der Waals surface area contributed by atoms with Crippen LogP contribution in [0.25, 0.3) is 0 Å². The van der Waals surface area contributed by atoms with Gasteiger partial charge in [0.1, 0.15) is 0 Å². The van der Waals surface area contributed by atoms with Gasteiger partial charge in [-0.3, -0.25) is 4.79 Å². The molecule has 0 fully saturated rings. The fourth-order valence-electron chi connectivity index (χ4n) is 1.39. The molecule has 6 heteroatoms. The molecule has 2 aromatic rings. The molecule has 0 bridgehead atoms. The molecule has 0 aliphatic carbocycles. The molecule has 17 heavy (non-hydrogen) atoms. The first-order chi connectivity index (χ1) is 8.08. The molecule has 3 nitrogen and oxygen atoms in total. The summed E-state index contributed by atoms with van der Waals surface area (Å²) in [6, 6.07) is 1.80. The Hall–Kier alpha value is -0.850. The number of hydrogen-bond acceptors (Lipinski definition) is 5. The lowest BCUT2D eigenvalue weighted by molar-refractivity contribution is 0.0791. The van der Waals surface area contributed by atoms with Crippen molar-refractivity contribution >= 4 is 41.2 Å². The van der Waals surface area contributed by atoms with E-state index in [2.05, 4.69) is 17.6 Å². The van der Waals surface area contributed by atoms with Crippen molar-refractivity contribution in [3.05, 3.63) is 32.4 Å². The minimum atomic E-state index is 0.0306. The molecule has 0 unspecified atom stereocenters. The standard InChI is InChI=1S/C11H12N2OS3/c1-7-10(17-6-12-7)4-13(2)11(14)9-3-8(15)5-16-9/h3,5-6,15H,4H2,1-2H3. The van der Waals surface area contributed by atoms with Crippen LogP contribution in [-0.4, -0.2) is 22.8 Å². The number of carbonyl (C=O) groups excluding carboxylic acids is 1. The zero-order valence-corrected chi connectivity index (χ0v) is 12.0. The molecular formula is C11H12N2OS3. The van der Waals surface area contributed by atoms with Gasteiger partial charge in [-0.15, -0.1) is 35.3 Å². The number of thiophene rings is 1. The fraction of sp³-hybridized carbons (Fsp3) is 0.273. The van der Waals surface area contributed by atoms with Gasteiger partial charge in [0, 0.05) is 22.2 Å². The first-order valence-electron chi connectivity index (χ1n) is 5.00. The summed E-state index contributed by atoms with van der Waals surface area (Å²) in [6.07, 6.45) is 0.